The molecule has 3 nitrogen and oxygen atoms in total. The zero-order chi connectivity index (χ0) is 15.6. The average molecular weight is 414 g/mol. The number of ketones is 1. The zero-order valence-corrected chi connectivity index (χ0v) is 15.0. The van der Waals surface area contributed by atoms with E-state index in [1.54, 1.807) is 25.3 Å². The van der Waals surface area contributed by atoms with Gasteiger partial charge in [-0.3, -0.25) is 4.79 Å². The van der Waals surface area contributed by atoms with E-state index in [1.807, 2.05) is 19.1 Å². The molecular formula is C16H14Br2O3. The Bertz CT molecular complexity index is 696. The van der Waals surface area contributed by atoms with Crippen LogP contribution in [0.4, 0.5) is 0 Å². The number of carbonyl (C=O) groups is 1. The van der Waals surface area contributed by atoms with Gasteiger partial charge in [-0.15, -0.1) is 0 Å². The summed E-state index contributed by atoms with van der Waals surface area (Å²) in [5.41, 5.74) is 2.12. The number of carbonyl (C=O) groups excluding carboxylic acids is 1. The minimum absolute atomic E-state index is 0.0918. The SMILES string of the molecule is COc1ccc(C(=O)c2ccc(Br)c(C)c2)c(OC)c1Br. The van der Waals surface area contributed by atoms with Crippen LogP contribution in [0.3, 0.4) is 0 Å². The van der Waals surface area contributed by atoms with E-state index in [0.717, 1.165) is 10.0 Å². The Kier molecular flexibility index (Phi) is 5.06. The van der Waals surface area contributed by atoms with Crippen molar-refractivity contribution < 1.29 is 14.3 Å². The van der Waals surface area contributed by atoms with E-state index in [9.17, 15) is 4.79 Å². The number of halogens is 2. The molecule has 0 bridgehead atoms. The van der Waals surface area contributed by atoms with Crippen LogP contribution in [-0.4, -0.2) is 20.0 Å². The Morgan fingerprint density at radius 1 is 1.05 bits per heavy atom. The second kappa shape index (κ2) is 6.62. The van der Waals surface area contributed by atoms with E-state index in [-0.39, 0.29) is 5.78 Å². The third kappa shape index (κ3) is 3.14. The highest BCUT2D eigenvalue weighted by atomic mass is 79.9. The molecule has 0 amide bonds. The fourth-order valence-electron chi connectivity index (χ4n) is 2.02. The second-order valence-electron chi connectivity index (χ2n) is 4.46. The smallest absolute Gasteiger partial charge is 0.196 e. The van der Waals surface area contributed by atoms with Crippen LogP contribution in [0, 0.1) is 6.92 Å². The molecule has 5 heteroatoms. The molecule has 2 rings (SSSR count). The molecule has 0 atom stereocenters. The van der Waals surface area contributed by atoms with Crippen molar-refractivity contribution in [2.45, 2.75) is 6.92 Å². The van der Waals surface area contributed by atoms with E-state index in [4.69, 9.17) is 9.47 Å². The van der Waals surface area contributed by atoms with Gasteiger partial charge < -0.3 is 9.47 Å². The molecule has 0 spiro atoms. The van der Waals surface area contributed by atoms with Gasteiger partial charge in [-0.25, -0.2) is 0 Å². The van der Waals surface area contributed by atoms with Gasteiger partial charge in [0.15, 0.2) is 5.78 Å². The molecule has 0 unspecified atom stereocenters. The monoisotopic (exact) mass is 412 g/mol. The molecule has 0 saturated carbocycles. The number of hydrogen-bond donors (Lipinski definition) is 0. The first-order chi connectivity index (χ1) is 9.99. The van der Waals surface area contributed by atoms with Gasteiger partial charge in [0.25, 0.3) is 0 Å². The summed E-state index contributed by atoms with van der Waals surface area (Å²) in [6, 6.07) is 8.96. The highest BCUT2D eigenvalue weighted by Crippen LogP contribution is 2.38. The normalized spacial score (nSPS) is 10.3. The average Bonchev–Trinajstić information content (AvgIpc) is 2.49. The molecule has 0 aliphatic heterocycles. The lowest BCUT2D eigenvalue weighted by Gasteiger charge is -2.13. The van der Waals surface area contributed by atoms with Gasteiger partial charge in [0, 0.05) is 10.0 Å². The van der Waals surface area contributed by atoms with Crippen molar-refractivity contribution in [3.63, 3.8) is 0 Å². The third-order valence-corrected chi connectivity index (χ3v) is 4.79. The van der Waals surface area contributed by atoms with Gasteiger partial charge in [-0.1, -0.05) is 15.9 Å². The van der Waals surface area contributed by atoms with E-state index in [1.165, 1.54) is 7.11 Å². The fraction of sp³-hybridized carbons (Fsp3) is 0.188. The van der Waals surface area contributed by atoms with Crippen molar-refractivity contribution in [1.29, 1.82) is 0 Å². The summed E-state index contributed by atoms with van der Waals surface area (Å²) in [7, 11) is 3.10. The second-order valence-corrected chi connectivity index (χ2v) is 6.10. The number of methoxy groups -OCH3 is 2. The highest BCUT2D eigenvalue weighted by molar-refractivity contribution is 9.11. The predicted octanol–water partition coefficient (Wildman–Crippen LogP) is 4.77. The van der Waals surface area contributed by atoms with Gasteiger partial charge in [-0.2, -0.15) is 0 Å². The Labute approximate surface area is 140 Å². The Morgan fingerprint density at radius 3 is 2.33 bits per heavy atom. The van der Waals surface area contributed by atoms with Crippen molar-refractivity contribution >= 4 is 37.6 Å². The maximum atomic E-state index is 12.7. The lowest BCUT2D eigenvalue weighted by atomic mass is 10.0. The summed E-state index contributed by atoms with van der Waals surface area (Å²) < 4.78 is 12.2. The van der Waals surface area contributed by atoms with Crippen molar-refractivity contribution in [3.8, 4) is 11.5 Å². The number of hydrogen-bond acceptors (Lipinski definition) is 3. The molecule has 0 heterocycles. The van der Waals surface area contributed by atoms with Gasteiger partial charge in [0.1, 0.15) is 16.0 Å². The quantitative estimate of drug-likeness (QED) is 0.677. The Morgan fingerprint density at radius 2 is 1.76 bits per heavy atom. The van der Waals surface area contributed by atoms with Crippen molar-refractivity contribution in [2.75, 3.05) is 14.2 Å². The summed E-state index contributed by atoms with van der Waals surface area (Å²) in [6.07, 6.45) is 0. The number of rotatable bonds is 4. The molecule has 0 fully saturated rings. The molecule has 0 aliphatic carbocycles. The summed E-state index contributed by atoms with van der Waals surface area (Å²) in [5, 5.41) is 0. The predicted molar refractivity (Wildman–Crippen MR) is 89.6 cm³/mol. The van der Waals surface area contributed by atoms with E-state index < -0.39 is 0 Å². The molecule has 2 aromatic carbocycles. The lowest BCUT2D eigenvalue weighted by Crippen LogP contribution is -2.05. The summed E-state index contributed by atoms with van der Waals surface area (Å²) in [5.74, 6) is 1.00. The molecule has 0 aromatic heterocycles. The minimum Gasteiger partial charge on any atom is -0.495 e. The molecule has 0 aliphatic rings. The molecule has 2 aromatic rings. The maximum Gasteiger partial charge on any atom is 0.196 e. The number of aryl methyl sites for hydroxylation is 1. The zero-order valence-electron chi connectivity index (χ0n) is 11.9. The van der Waals surface area contributed by atoms with Crippen LogP contribution < -0.4 is 9.47 Å². The molecule has 0 radical (unpaired) electrons. The Hall–Kier alpha value is -1.33. The highest BCUT2D eigenvalue weighted by Gasteiger charge is 2.19. The van der Waals surface area contributed by atoms with Crippen LogP contribution in [0.15, 0.2) is 39.3 Å². The topological polar surface area (TPSA) is 35.5 Å². The summed E-state index contributed by atoms with van der Waals surface area (Å²) >= 11 is 6.84. The van der Waals surface area contributed by atoms with Crippen LogP contribution in [-0.2, 0) is 0 Å². The summed E-state index contributed by atoms with van der Waals surface area (Å²) in [6.45, 7) is 1.95. The van der Waals surface area contributed by atoms with Crippen LogP contribution in [0.1, 0.15) is 21.5 Å². The molecule has 21 heavy (non-hydrogen) atoms. The standard InChI is InChI=1S/C16H14Br2O3/c1-9-8-10(4-6-12(9)17)15(19)11-5-7-13(20-2)14(18)16(11)21-3/h4-8H,1-3H3. The maximum absolute atomic E-state index is 12.7. The van der Waals surface area contributed by atoms with E-state index in [0.29, 0.717) is 27.1 Å². The van der Waals surface area contributed by atoms with Crippen LogP contribution >= 0.6 is 31.9 Å². The number of benzene rings is 2. The first-order valence-corrected chi connectivity index (χ1v) is 7.79. The summed E-state index contributed by atoms with van der Waals surface area (Å²) in [4.78, 5) is 12.7. The van der Waals surface area contributed by atoms with Crippen LogP contribution in [0.5, 0.6) is 11.5 Å². The fourth-order valence-corrected chi connectivity index (χ4v) is 2.93. The Balaban J connectivity index is 2.52. The van der Waals surface area contributed by atoms with Gasteiger partial charge >= 0.3 is 0 Å². The molecule has 110 valence electrons. The van der Waals surface area contributed by atoms with Crippen LogP contribution in [0.25, 0.3) is 0 Å². The van der Waals surface area contributed by atoms with Crippen molar-refractivity contribution in [3.05, 3.63) is 56.0 Å². The molecule has 0 N–H and O–H groups in total. The van der Waals surface area contributed by atoms with E-state index >= 15 is 0 Å². The van der Waals surface area contributed by atoms with Crippen molar-refractivity contribution in [1.82, 2.24) is 0 Å². The van der Waals surface area contributed by atoms with Gasteiger partial charge in [0.2, 0.25) is 0 Å². The number of ether oxygens (including phenoxy) is 2. The van der Waals surface area contributed by atoms with Gasteiger partial charge in [0.05, 0.1) is 19.8 Å². The third-order valence-electron chi connectivity index (χ3n) is 3.15. The largest absolute Gasteiger partial charge is 0.495 e. The lowest BCUT2D eigenvalue weighted by molar-refractivity contribution is 0.103. The minimum atomic E-state index is -0.0918. The van der Waals surface area contributed by atoms with E-state index in [2.05, 4.69) is 31.9 Å². The first-order valence-electron chi connectivity index (χ1n) is 6.21. The molecule has 0 saturated heterocycles. The molecular weight excluding hydrogens is 400 g/mol. The van der Waals surface area contributed by atoms with Crippen LogP contribution in [0.2, 0.25) is 0 Å². The van der Waals surface area contributed by atoms with Crippen molar-refractivity contribution in [2.24, 2.45) is 0 Å². The van der Waals surface area contributed by atoms with Gasteiger partial charge in [-0.05, 0) is 58.7 Å². The first kappa shape index (κ1) is 16.0.